The van der Waals surface area contributed by atoms with Crippen molar-refractivity contribution >= 4 is 11.8 Å². The summed E-state index contributed by atoms with van der Waals surface area (Å²) in [6.07, 6.45) is 2.68. The zero-order chi connectivity index (χ0) is 11.1. The number of ketones is 1. The molecule has 2 fully saturated rings. The third kappa shape index (κ3) is 1.67. The highest BCUT2D eigenvalue weighted by Gasteiger charge is 2.47. The fourth-order valence-electron chi connectivity index (χ4n) is 2.76. The van der Waals surface area contributed by atoms with Gasteiger partial charge in [-0.3, -0.25) is 14.5 Å². The molecule has 4 heteroatoms. The number of nitrogens with zero attached hydrogens (tertiary/aromatic N) is 1. The first-order chi connectivity index (χ1) is 7.07. The molecular formula is C11H17NO3. The summed E-state index contributed by atoms with van der Waals surface area (Å²) >= 11 is 0. The Morgan fingerprint density at radius 1 is 1.60 bits per heavy atom. The summed E-state index contributed by atoms with van der Waals surface area (Å²) in [5.74, 6) is -0.891. The van der Waals surface area contributed by atoms with Crippen molar-refractivity contribution in [2.45, 2.75) is 31.7 Å². The van der Waals surface area contributed by atoms with Crippen LogP contribution in [0.15, 0.2) is 0 Å². The van der Waals surface area contributed by atoms with Gasteiger partial charge in [0.2, 0.25) is 0 Å². The van der Waals surface area contributed by atoms with Gasteiger partial charge in [0, 0.05) is 18.5 Å². The Morgan fingerprint density at radius 2 is 2.33 bits per heavy atom. The summed E-state index contributed by atoms with van der Waals surface area (Å²) in [5, 5.41) is 0. The molecule has 0 aromatic rings. The van der Waals surface area contributed by atoms with E-state index in [1.54, 1.807) is 0 Å². The normalized spacial score (nSPS) is 36.4. The van der Waals surface area contributed by atoms with Crippen molar-refractivity contribution in [3.8, 4) is 0 Å². The van der Waals surface area contributed by atoms with Gasteiger partial charge in [0.05, 0.1) is 7.11 Å². The number of fused-ring (bicyclic) bond motifs is 1. The van der Waals surface area contributed by atoms with Gasteiger partial charge in [-0.05, 0) is 26.3 Å². The van der Waals surface area contributed by atoms with Crippen LogP contribution in [0.2, 0.25) is 0 Å². The van der Waals surface area contributed by atoms with Gasteiger partial charge in [0.25, 0.3) is 0 Å². The van der Waals surface area contributed by atoms with Crippen LogP contribution in [0.5, 0.6) is 0 Å². The lowest BCUT2D eigenvalue weighted by Gasteiger charge is -2.41. The van der Waals surface area contributed by atoms with Gasteiger partial charge in [-0.25, -0.2) is 0 Å². The van der Waals surface area contributed by atoms with Crippen molar-refractivity contribution < 1.29 is 14.3 Å². The van der Waals surface area contributed by atoms with Crippen LogP contribution in [0.4, 0.5) is 0 Å². The van der Waals surface area contributed by atoms with Crippen molar-refractivity contribution in [1.29, 1.82) is 0 Å². The van der Waals surface area contributed by atoms with Crippen LogP contribution in [-0.2, 0) is 14.3 Å². The van der Waals surface area contributed by atoms with Crippen molar-refractivity contribution in [3.05, 3.63) is 0 Å². The molecule has 2 aliphatic heterocycles. The maximum atomic E-state index is 11.8. The number of carbonyl (C=O) groups excluding carboxylic acids is 2. The number of carbonyl (C=O) groups is 2. The monoisotopic (exact) mass is 211 g/mol. The summed E-state index contributed by atoms with van der Waals surface area (Å²) in [7, 11) is 1.34. The van der Waals surface area contributed by atoms with Crippen molar-refractivity contribution in [2.75, 3.05) is 20.2 Å². The van der Waals surface area contributed by atoms with E-state index in [9.17, 15) is 9.59 Å². The molecule has 0 radical (unpaired) electrons. The molecule has 15 heavy (non-hydrogen) atoms. The molecule has 0 bridgehead atoms. The minimum atomic E-state index is -0.554. The van der Waals surface area contributed by atoms with Crippen LogP contribution in [0, 0.1) is 5.92 Å². The Balaban J connectivity index is 2.14. The molecule has 0 N–H and O–H groups in total. The third-order valence-corrected chi connectivity index (χ3v) is 3.74. The van der Waals surface area contributed by atoms with E-state index in [0.29, 0.717) is 13.0 Å². The smallest absolute Gasteiger partial charge is 0.317 e. The molecule has 0 aromatic heterocycles. The van der Waals surface area contributed by atoms with E-state index < -0.39 is 5.92 Å². The third-order valence-electron chi connectivity index (χ3n) is 3.74. The van der Waals surface area contributed by atoms with Gasteiger partial charge >= 0.3 is 5.97 Å². The lowest BCUT2D eigenvalue weighted by molar-refractivity contribution is -0.153. The zero-order valence-electron chi connectivity index (χ0n) is 9.28. The average Bonchev–Trinajstić information content (AvgIpc) is 2.55. The van der Waals surface area contributed by atoms with Crippen molar-refractivity contribution in [1.82, 2.24) is 4.90 Å². The first kappa shape index (κ1) is 10.6. The van der Waals surface area contributed by atoms with Crippen LogP contribution < -0.4 is 0 Å². The lowest BCUT2D eigenvalue weighted by Crippen LogP contribution is -2.54. The zero-order valence-corrected chi connectivity index (χ0v) is 9.28. The molecule has 0 aromatic carbocycles. The second-order valence-corrected chi connectivity index (χ2v) is 4.77. The number of piperidine rings is 1. The summed E-state index contributed by atoms with van der Waals surface area (Å²) in [4.78, 5) is 25.5. The highest BCUT2D eigenvalue weighted by molar-refractivity contribution is 6.00. The maximum absolute atomic E-state index is 11.8. The second kappa shape index (κ2) is 3.59. The van der Waals surface area contributed by atoms with E-state index in [4.69, 9.17) is 0 Å². The maximum Gasteiger partial charge on any atom is 0.317 e. The molecule has 0 aliphatic carbocycles. The van der Waals surface area contributed by atoms with E-state index in [0.717, 1.165) is 19.4 Å². The SMILES string of the molecule is COC(=O)C1CN2CCCC2(C)CC1=O. The van der Waals surface area contributed by atoms with Crippen LogP contribution in [0.25, 0.3) is 0 Å². The second-order valence-electron chi connectivity index (χ2n) is 4.77. The highest BCUT2D eigenvalue weighted by atomic mass is 16.5. The fourth-order valence-corrected chi connectivity index (χ4v) is 2.76. The number of hydrogen-bond acceptors (Lipinski definition) is 4. The summed E-state index contributed by atoms with van der Waals surface area (Å²) < 4.78 is 4.66. The predicted octanol–water partition coefficient (Wildman–Crippen LogP) is 0.603. The van der Waals surface area contributed by atoms with Crippen LogP contribution >= 0.6 is 0 Å². The Morgan fingerprint density at radius 3 is 3.00 bits per heavy atom. The number of Topliss-reactive ketones (excluding diaryl/α,β-unsaturated/α-hetero) is 1. The molecule has 0 saturated carbocycles. The molecule has 2 rings (SSSR count). The van der Waals surface area contributed by atoms with Gasteiger partial charge in [-0.15, -0.1) is 0 Å². The number of methoxy groups -OCH3 is 1. The van der Waals surface area contributed by atoms with Crippen LogP contribution in [0.1, 0.15) is 26.2 Å². The molecular weight excluding hydrogens is 194 g/mol. The minimum absolute atomic E-state index is 0.00159. The van der Waals surface area contributed by atoms with E-state index in [-0.39, 0.29) is 17.3 Å². The summed E-state index contributed by atoms with van der Waals surface area (Å²) in [6.45, 7) is 3.66. The number of esters is 1. The molecule has 0 amide bonds. The van der Waals surface area contributed by atoms with E-state index in [1.807, 2.05) is 0 Å². The van der Waals surface area contributed by atoms with Gasteiger partial charge in [-0.1, -0.05) is 0 Å². The van der Waals surface area contributed by atoms with Gasteiger partial charge in [0.1, 0.15) is 11.7 Å². The molecule has 2 aliphatic rings. The predicted molar refractivity (Wildman–Crippen MR) is 54.3 cm³/mol. The molecule has 4 nitrogen and oxygen atoms in total. The topological polar surface area (TPSA) is 46.6 Å². The lowest BCUT2D eigenvalue weighted by atomic mass is 9.83. The number of ether oxygens (including phenoxy) is 1. The largest absolute Gasteiger partial charge is 0.468 e. The molecule has 2 saturated heterocycles. The van der Waals surface area contributed by atoms with E-state index in [2.05, 4.69) is 16.6 Å². The molecule has 84 valence electrons. The number of hydrogen-bond donors (Lipinski definition) is 0. The Kier molecular flexibility index (Phi) is 2.54. The fraction of sp³-hybridized carbons (Fsp3) is 0.818. The van der Waals surface area contributed by atoms with Crippen LogP contribution in [0.3, 0.4) is 0 Å². The van der Waals surface area contributed by atoms with E-state index in [1.165, 1.54) is 7.11 Å². The number of rotatable bonds is 1. The van der Waals surface area contributed by atoms with Crippen molar-refractivity contribution in [3.63, 3.8) is 0 Å². The van der Waals surface area contributed by atoms with Crippen molar-refractivity contribution in [2.24, 2.45) is 5.92 Å². The molecule has 2 atom stereocenters. The Labute approximate surface area is 89.6 Å². The minimum Gasteiger partial charge on any atom is -0.468 e. The van der Waals surface area contributed by atoms with Crippen LogP contribution in [-0.4, -0.2) is 42.4 Å². The summed E-state index contributed by atoms with van der Waals surface area (Å²) in [6, 6.07) is 0. The van der Waals surface area contributed by atoms with Gasteiger partial charge < -0.3 is 4.74 Å². The quantitative estimate of drug-likeness (QED) is 0.471. The van der Waals surface area contributed by atoms with Gasteiger partial charge in [0.15, 0.2) is 0 Å². The first-order valence-corrected chi connectivity index (χ1v) is 5.42. The Hall–Kier alpha value is -0.900. The first-order valence-electron chi connectivity index (χ1n) is 5.42. The molecule has 0 spiro atoms. The average molecular weight is 211 g/mol. The molecule has 2 heterocycles. The summed E-state index contributed by atoms with van der Waals surface area (Å²) in [5.41, 5.74) is 0.00159. The molecule has 2 unspecified atom stereocenters. The Bertz CT molecular complexity index is 302. The standard InChI is InChI=1S/C11H17NO3/c1-11-4-3-5-12(11)7-8(9(13)6-11)10(14)15-2/h8H,3-7H2,1-2H3. The highest BCUT2D eigenvalue weighted by Crippen LogP contribution is 2.37. The van der Waals surface area contributed by atoms with Gasteiger partial charge in [-0.2, -0.15) is 0 Å². The van der Waals surface area contributed by atoms with E-state index >= 15 is 0 Å².